The molecule has 4 aliphatic rings. The van der Waals surface area contributed by atoms with Crippen LogP contribution in [0, 0.1) is 16.7 Å². The van der Waals surface area contributed by atoms with E-state index < -0.39 is 5.97 Å². The van der Waals surface area contributed by atoms with Gasteiger partial charge in [-0.25, -0.2) is 0 Å². The van der Waals surface area contributed by atoms with Crippen molar-refractivity contribution in [2.75, 3.05) is 0 Å². The third-order valence-corrected chi connectivity index (χ3v) is 8.66. The minimum atomic E-state index is -0.653. The molecule has 0 saturated heterocycles. The quantitative estimate of drug-likeness (QED) is 0.224. The van der Waals surface area contributed by atoms with Crippen LogP contribution in [-0.4, -0.2) is 16.6 Å². The molecule has 0 aromatic heterocycles. The van der Waals surface area contributed by atoms with Gasteiger partial charge >= 0.3 is 5.97 Å². The van der Waals surface area contributed by atoms with Gasteiger partial charge in [0.25, 0.3) is 0 Å². The first-order valence-corrected chi connectivity index (χ1v) is 14.7. The van der Waals surface area contributed by atoms with E-state index in [-0.39, 0.29) is 5.54 Å². The lowest BCUT2D eigenvalue weighted by Gasteiger charge is -2.64. The van der Waals surface area contributed by atoms with Gasteiger partial charge in [-0.05, 0) is 61.7 Å². The van der Waals surface area contributed by atoms with Crippen LogP contribution in [0.1, 0.15) is 162 Å². The average Bonchev–Trinajstić information content (AvgIpc) is 2.67. The zero-order valence-corrected chi connectivity index (χ0v) is 22.6. The topological polar surface area (TPSA) is 63.3 Å². The maximum atomic E-state index is 10.3. The SMILES string of the molecule is CC12CC3CC(C)(C1)CC(N)(C3)C2.CCCCCCCCCCCCCCCCCC(=O)O. The van der Waals surface area contributed by atoms with Gasteiger partial charge in [0.15, 0.2) is 0 Å². The molecule has 4 saturated carbocycles. The molecule has 3 heteroatoms. The zero-order chi connectivity index (χ0) is 24.2. The van der Waals surface area contributed by atoms with Crippen molar-refractivity contribution in [3.8, 4) is 0 Å². The van der Waals surface area contributed by atoms with Crippen molar-refractivity contribution in [1.29, 1.82) is 0 Å². The van der Waals surface area contributed by atoms with Gasteiger partial charge in [-0.1, -0.05) is 111 Å². The van der Waals surface area contributed by atoms with Crippen LogP contribution in [0.2, 0.25) is 0 Å². The minimum Gasteiger partial charge on any atom is -0.481 e. The van der Waals surface area contributed by atoms with Crippen LogP contribution in [0.3, 0.4) is 0 Å². The van der Waals surface area contributed by atoms with Crippen molar-refractivity contribution in [2.45, 2.75) is 168 Å². The molecule has 2 atom stereocenters. The zero-order valence-electron chi connectivity index (χ0n) is 22.6. The molecule has 4 rings (SSSR count). The Labute approximate surface area is 206 Å². The number of rotatable bonds is 16. The van der Waals surface area contributed by atoms with Gasteiger partial charge in [-0.3, -0.25) is 4.79 Å². The monoisotopic (exact) mass is 463 g/mol. The molecule has 33 heavy (non-hydrogen) atoms. The van der Waals surface area contributed by atoms with Crippen molar-refractivity contribution in [3.63, 3.8) is 0 Å². The number of carbonyl (C=O) groups is 1. The highest BCUT2D eigenvalue weighted by Crippen LogP contribution is 2.65. The van der Waals surface area contributed by atoms with E-state index in [1.165, 1.54) is 122 Å². The van der Waals surface area contributed by atoms with Crippen molar-refractivity contribution in [3.05, 3.63) is 0 Å². The molecule has 0 heterocycles. The van der Waals surface area contributed by atoms with Crippen molar-refractivity contribution in [1.82, 2.24) is 0 Å². The second-order valence-electron chi connectivity index (χ2n) is 13.1. The number of hydrogen-bond acceptors (Lipinski definition) is 2. The van der Waals surface area contributed by atoms with Crippen LogP contribution < -0.4 is 5.73 Å². The molecular formula is C30H57NO2. The van der Waals surface area contributed by atoms with E-state index in [2.05, 4.69) is 20.8 Å². The van der Waals surface area contributed by atoms with E-state index in [0.29, 0.717) is 17.3 Å². The second-order valence-corrected chi connectivity index (χ2v) is 13.1. The summed E-state index contributed by atoms with van der Waals surface area (Å²) in [4.78, 5) is 10.3. The van der Waals surface area contributed by atoms with Crippen LogP contribution >= 0.6 is 0 Å². The summed E-state index contributed by atoms with van der Waals surface area (Å²) in [5, 5.41) is 8.52. The smallest absolute Gasteiger partial charge is 0.303 e. The van der Waals surface area contributed by atoms with Gasteiger partial charge in [0.05, 0.1) is 0 Å². The molecule has 0 spiro atoms. The fraction of sp³-hybridized carbons (Fsp3) is 0.967. The van der Waals surface area contributed by atoms with Crippen molar-refractivity contribution < 1.29 is 9.90 Å². The highest BCUT2D eigenvalue weighted by molar-refractivity contribution is 5.66. The lowest BCUT2D eigenvalue weighted by Crippen LogP contribution is -2.62. The Balaban J connectivity index is 0.000000251. The molecule has 3 N–H and O–H groups in total. The maximum Gasteiger partial charge on any atom is 0.303 e. The summed E-state index contributed by atoms with van der Waals surface area (Å²) >= 11 is 0. The van der Waals surface area contributed by atoms with Crippen LogP contribution in [0.15, 0.2) is 0 Å². The Kier molecular flexibility index (Phi) is 12.2. The first-order valence-electron chi connectivity index (χ1n) is 14.7. The summed E-state index contributed by atoms with van der Waals surface area (Å²) in [6.07, 6.45) is 28.5. The fourth-order valence-electron chi connectivity index (χ4n) is 8.18. The molecule has 4 aliphatic carbocycles. The second kappa shape index (κ2) is 14.1. The van der Waals surface area contributed by atoms with Gasteiger partial charge in [-0.2, -0.15) is 0 Å². The number of carboxylic acids is 1. The van der Waals surface area contributed by atoms with E-state index in [1.54, 1.807) is 0 Å². The number of nitrogens with two attached hydrogens (primary N) is 1. The summed E-state index contributed by atoms with van der Waals surface area (Å²) in [6.45, 7) is 7.21. The molecule has 3 nitrogen and oxygen atoms in total. The fourth-order valence-corrected chi connectivity index (χ4v) is 8.18. The van der Waals surface area contributed by atoms with Gasteiger partial charge in [-0.15, -0.1) is 0 Å². The Bertz CT molecular complexity index is 509. The van der Waals surface area contributed by atoms with Gasteiger partial charge < -0.3 is 10.8 Å². The van der Waals surface area contributed by atoms with Gasteiger partial charge in [0.2, 0.25) is 0 Å². The summed E-state index contributed by atoms with van der Waals surface area (Å²) in [5.74, 6) is 0.302. The molecule has 4 bridgehead atoms. The summed E-state index contributed by atoms with van der Waals surface area (Å²) in [6, 6.07) is 0. The van der Waals surface area contributed by atoms with E-state index in [4.69, 9.17) is 10.8 Å². The largest absolute Gasteiger partial charge is 0.481 e. The molecule has 4 fully saturated rings. The number of unbranched alkanes of at least 4 members (excludes halogenated alkanes) is 14. The van der Waals surface area contributed by atoms with E-state index >= 15 is 0 Å². The molecule has 2 unspecified atom stereocenters. The first-order chi connectivity index (χ1) is 15.7. The highest BCUT2D eigenvalue weighted by atomic mass is 16.4. The normalized spacial score (nSPS) is 31.9. The lowest BCUT2D eigenvalue weighted by atomic mass is 9.43. The molecular weight excluding hydrogens is 406 g/mol. The highest BCUT2D eigenvalue weighted by Gasteiger charge is 2.58. The minimum absolute atomic E-state index is 0.225. The number of hydrogen-bond donors (Lipinski definition) is 2. The maximum absolute atomic E-state index is 10.3. The van der Waals surface area contributed by atoms with E-state index in [1.807, 2.05) is 0 Å². The van der Waals surface area contributed by atoms with Gasteiger partial charge in [0, 0.05) is 12.0 Å². The average molecular weight is 464 g/mol. The Morgan fingerprint density at radius 1 is 0.697 bits per heavy atom. The van der Waals surface area contributed by atoms with E-state index in [0.717, 1.165) is 18.8 Å². The summed E-state index contributed by atoms with van der Waals surface area (Å²) in [7, 11) is 0. The number of aliphatic carboxylic acids is 1. The third-order valence-electron chi connectivity index (χ3n) is 8.66. The Morgan fingerprint density at radius 2 is 1.09 bits per heavy atom. The molecule has 0 aromatic rings. The summed E-state index contributed by atoms with van der Waals surface area (Å²) < 4.78 is 0. The molecule has 0 radical (unpaired) electrons. The summed E-state index contributed by atoms with van der Waals surface area (Å²) in [5.41, 5.74) is 7.92. The predicted octanol–water partition coefficient (Wildman–Crippen LogP) is 9.03. The van der Waals surface area contributed by atoms with Crippen LogP contribution in [-0.2, 0) is 4.79 Å². The molecule has 0 amide bonds. The van der Waals surface area contributed by atoms with Crippen LogP contribution in [0.5, 0.6) is 0 Å². The van der Waals surface area contributed by atoms with Gasteiger partial charge in [0.1, 0.15) is 0 Å². The molecule has 0 aliphatic heterocycles. The molecule has 0 aromatic carbocycles. The van der Waals surface area contributed by atoms with Crippen LogP contribution in [0.4, 0.5) is 0 Å². The van der Waals surface area contributed by atoms with E-state index in [9.17, 15) is 4.79 Å². The standard InChI is InChI=1S/C18H36O2.C12H21N/c1-2-3-4-5-6-7-8-9-10-11-12-13-14-15-16-17-18(19)20;1-10-3-9-4-11(2,6-10)8-12(13,5-9)7-10/h2-17H2,1H3,(H,19,20);9H,3-8,13H2,1-2H3. The Morgan fingerprint density at radius 3 is 1.42 bits per heavy atom. The van der Waals surface area contributed by atoms with Crippen molar-refractivity contribution in [2.24, 2.45) is 22.5 Å². The first kappa shape index (κ1) is 28.7. The lowest BCUT2D eigenvalue weighted by molar-refractivity contribution is -0.137. The van der Waals surface area contributed by atoms with Crippen LogP contribution in [0.25, 0.3) is 0 Å². The number of carboxylic acid groups (broad SMARTS) is 1. The third kappa shape index (κ3) is 11.1. The van der Waals surface area contributed by atoms with Crippen molar-refractivity contribution >= 4 is 5.97 Å². The molecule has 194 valence electrons. The predicted molar refractivity (Wildman–Crippen MR) is 142 cm³/mol. The Hall–Kier alpha value is -0.570.